The second kappa shape index (κ2) is 7.01. The molecule has 0 aliphatic heterocycles. The molecule has 0 saturated heterocycles. The van der Waals surface area contributed by atoms with Crippen molar-refractivity contribution in [2.45, 2.75) is 32.1 Å². The Hall–Kier alpha value is -1.10. The number of rotatable bonds is 6. The van der Waals surface area contributed by atoms with E-state index < -0.39 is 0 Å². The highest BCUT2D eigenvalue weighted by molar-refractivity contribution is 5.78. The van der Waals surface area contributed by atoms with Crippen LogP contribution in [0.1, 0.15) is 32.1 Å². The van der Waals surface area contributed by atoms with Gasteiger partial charge >= 0.3 is 0 Å². The Bertz CT molecular complexity index is 167. The van der Waals surface area contributed by atoms with E-state index in [4.69, 9.17) is 5.26 Å². The van der Waals surface area contributed by atoms with Crippen LogP contribution in [-0.4, -0.2) is 5.78 Å². The smallest absolute Gasteiger partial charge is 0.133 e. The quantitative estimate of drug-likeness (QED) is 0.431. The molecule has 0 saturated carbocycles. The molecule has 0 aliphatic rings. The molecular formula is C9H13NO. The molecule has 0 heterocycles. The molecular weight excluding hydrogens is 138 g/mol. The standard InChI is InChI=1S/C9H13NO/c1-2-3-6-9(11)7-4-5-8-10/h2H,1,3-7H2. The number of nitriles is 1. The lowest BCUT2D eigenvalue weighted by Gasteiger charge is -1.94. The van der Waals surface area contributed by atoms with Crippen LogP contribution in [0.4, 0.5) is 0 Å². The predicted molar refractivity (Wildman–Crippen MR) is 43.9 cm³/mol. The number of allylic oxidation sites excluding steroid dienone is 1. The summed E-state index contributed by atoms with van der Waals surface area (Å²) in [6.07, 6.45) is 4.80. The second-order valence-corrected chi connectivity index (χ2v) is 2.38. The zero-order valence-electron chi connectivity index (χ0n) is 6.68. The predicted octanol–water partition coefficient (Wildman–Crippen LogP) is 2.22. The Kier molecular flexibility index (Phi) is 6.31. The Morgan fingerprint density at radius 3 is 2.82 bits per heavy atom. The largest absolute Gasteiger partial charge is 0.300 e. The van der Waals surface area contributed by atoms with E-state index in [1.54, 1.807) is 6.08 Å². The van der Waals surface area contributed by atoms with Crippen LogP contribution in [0.25, 0.3) is 0 Å². The first-order valence-corrected chi connectivity index (χ1v) is 3.80. The molecule has 0 aliphatic carbocycles. The van der Waals surface area contributed by atoms with Gasteiger partial charge in [-0.3, -0.25) is 4.79 Å². The van der Waals surface area contributed by atoms with Gasteiger partial charge in [-0.15, -0.1) is 6.58 Å². The van der Waals surface area contributed by atoms with Crippen LogP contribution in [0, 0.1) is 11.3 Å². The molecule has 0 radical (unpaired) electrons. The second-order valence-electron chi connectivity index (χ2n) is 2.38. The molecule has 11 heavy (non-hydrogen) atoms. The van der Waals surface area contributed by atoms with Crippen LogP contribution in [-0.2, 0) is 4.79 Å². The number of carbonyl (C=O) groups is 1. The third-order valence-corrected chi connectivity index (χ3v) is 1.37. The van der Waals surface area contributed by atoms with Crippen molar-refractivity contribution in [1.82, 2.24) is 0 Å². The Balaban J connectivity index is 3.24. The van der Waals surface area contributed by atoms with Gasteiger partial charge in [-0.1, -0.05) is 6.08 Å². The van der Waals surface area contributed by atoms with Crippen molar-refractivity contribution in [2.75, 3.05) is 0 Å². The van der Waals surface area contributed by atoms with E-state index in [1.165, 1.54) is 0 Å². The van der Waals surface area contributed by atoms with Gasteiger partial charge in [0.2, 0.25) is 0 Å². The highest BCUT2D eigenvalue weighted by Crippen LogP contribution is 2.00. The maximum Gasteiger partial charge on any atom is 0.133 e. The van der Waals surface area contributed by atoms with E-state index in [2.05, 4.69) is 6.58 Å². The third-order valence-electron chi connectivity index (χ3n) is 1.37. The normalized spacial score (nSPS) is 8.64. The van der Waals surface area contributed by atoms with Gasteiger partial charge in [0.25, 0.3) is 0 Å². The summed E-state index contributed by atoms with van der Waals surface area (Å²) in [7, 11) is 0. The fourth-order valence-corrected chi connectivity index (χ4v) is 0.753. The molecule has 0 fully saturated rings. The summed E-state index contributed by atoms with van der Waals surface area (Å²) in [4.78, 5) is 10.9. The first-order chi connectivity index (χ1) is 5.31. The topological polar surface area (TPSA) is 40.9 Å². The van der Waals surface area contributed by atoms with Gasteiger partial charge in [0.1, 0.15) is 5.78 Å². The Labute approximate surface area is 67.5 Å². The summed E-state index contributed by atoms with van der Waals surface area (Å²) in [5.41, 5.74) is 0. The van der Waals surface area contributed by atoms with Gasteiger partial charge in [0, 0.05) is 19.3 Å². The lowest BCUT2D eigenvalue weighted by molar-refractivity contribution is -0.119. The van der Waals surface area contributed by atoms with Gasteiger partial charge < -0.3 is 0 Å². The summed E-state index contributed by atoms with van der Waals surface area (Å²) < 4.78 is 0. The minimum absolute atomic E-state index is 0.236. The monoisotopic (exact) mass is 151 g/mol. The van der Waals surface area contributed by atoms with E-state index in [9.17, 15) is 4.79 Å². The van der Waals surface area contributed by atoms with Crippen LogP contribution in [0.15, 0.2) is 12.7 Å². The van der Waals surface area contributed by atoms with Crippen molar-refractivity contribution in [3.05, 3.63) is 12.7 Å². The Morgan fingerprint density at radius 2 is 2.27 bits per heavy atom. The van der Waals surface area contributed by atoms with Crippen molar-refractivity contribution >= 4 is 5.78 Å². The van der Waals surface area contributed by atoms with Gasteiger partial charge in [-0.2, -0.15) is 5.26 Å². The zero-order chi connectivity index (χ0) is 8.53. The summed E-state index contributed by atoms with van der Waals surface area (Å²) in [5, 5.41) is 8.18. The molecule has 0 spiro atoms. The van der Waals surface area contributed by atoms with Crippen LogP contribution in [0.3, 0.4) is 0 Å². The number of unbranched alkanes of at least 4 members (excludes halogenated alkanes) is 1. The molecule has 0 bridgehead atoms. The van der Waals surface area contributed by atoms with E-state index in [0.717, 1.165) is 6.42 Å². The molecule has 2 nitrogen and oxygen atoms in total. The van der Waals surface area contributed by atoms with E-state index in [0.29, 0.717) is 25.7 Å². The minimum atomic E-state index is 0.236. The van der Waals surface area contributed by atoms with Gasteiger partial charge in [0.15, 0.2) is 0 Å². The van der Waals surface area contributed by atoms with Crippen LogP contribution >= 0.6 is 0 Å². The number of nitrogens with zero attached hydrogens (tertiary/aromatic N) is 1. The molecule has 0 N–H and O–H groups in total. The van der Waals surface area contributed by atoms with Crippen molar-refractivity contribution in [2.24, 2.45) is 0 Å². The highest BCUT2D eigenvalue weighted by Gasteiger charge is 1.98. The van der Waals surface area contributed by atoms with Crippen LogP contribution in [0.5, 0.6) is 0 Å². The lowest BCUT2D eigenvalue weighted by atomic mass is 10.1. The number of Topliss-reactive ketones (excluding diaryl/α,β-unsaturated/α-hetero) is 1. The molecule has 60 valence electrons. The summed E-state index contributed by atoms with van der Waals surface area (Å²) >= 11 is 0. The minimum Gasteiger partial charge on any atom is -0.300 e. The fourth-order valence-electron chi connectivity index (χ4n) is 0.753. The first kappa shape index (κ1) is 9.90. The average molecular weight is 151 g/mol. The van der Waals surface area contributed by atoms with Crippen molar-refractivity contribution in [3.8, 4) is 6.07 Å². The van der Waals surface area contributed by atoms with Gasteiger partial charge in [0.05, 0.1) is 6.07 Å². The Morgan fingerprint density at radius 1 is 1.55 bits per heavy atom. The molecule has 0 aromatic carbocycles. The summed E-state index contributed by atoms with van der Waals surface area (Å²) in [6, 6.07) is 2.01. The number of hydrogen-bond donors (Lipinski definition) is 0. The molecule has 2 heteroatoms. The zero-order valence-corrected chi connectivity index (χ0v) is 6.68. The maximum atomic E-state index is 10.9. The van der Waals surface area contributed by atoms with Crippen molar-refractivity contribution in [1.29, 1.82) is 5.26 Å². The van der Waals surface area contributed by atoms with E-state index in [1.807, 2.05) is 6.07 Å². The highest BCUT2D eigenvalue weighted by atomic mass is 16.1. The molecule has 0 aromatic rings. The van der Waals surface area contributed by atoms with Crippen LogP contribution < -0.4 is 0 Å². The summed E-state index contributed by atoms with van der Waals surface area (Å²) in [6.45, 7) is 3.52. The maximum absolute atomic E-state index is 10.9. The van der Waals surface area contributed by atoms with E-state index in [-0.39, 0.29) is 5.78 Å². The number of hydrogen-bond acceptors (Lipinski definition) is 2. The molecule has 0 rings (SSSR count). The van der Waals surface area contributed by atoms with Gasteiger partial charge in [-0.25, -0.2) is 0 Å². The molecule has 0 unspecified atom stereocenters. The molecule has 0 aromatic heterocycles. The third kappa shape index (κ3) is 6.79. The number of carbonyl (C=O) groups excluding carboxylic acids is 1. The fraction of sp³-hybridized carbons (Fsp3) is 0.556. The molecule has 0 atom stereocenters. The van der Waals surface area contributed by atoms with Crippen LogP contribution in [0.2, 0.25) is 0 Å². The van der Waals surface area contributed by atoms with Crippen molar-refractivity contribution in [3.63, 3.8) is 0 Å². The summed E-state index contributed by atoms with van der Waals surface area (Å²) in [5.74, 6) is 0.236. The SMILES string of the molecule is C=CCCC(=O)CCCC#N. The number of ketones is 1. The molecule has 0 amide bonds. The van der Waals surface area contributed by atoms with Gasteiger partial charge in [-0.05, 0) is 12.8 Å². The average Bonchev–Trinajstić information content (AvgIpc) is 2.01. The van der Waals surface area contributed by atoms with E-state index >= 15 is 0 Å². The first-order valence-electron chi connectivity index (χ1n) is 3.80. The lowest BCUT2D eigenvalue weighted by Crippen LogP contribution is -1.95. The van der Waals surface area contributed by atoms with Crippen molar-refractivity contribution < 1.29 is 4.79 Å².